The molecule has 0 aliphatic rings. The average molecular weight is 568 g/mol. The van der Waals surface area contributed by atoms with Crippen molar-refractivity contribution in [3.63, 3.8) is 0 Å². The van der Waals surface area contributed by atoms with Crippen molar-refractivity contribution in [3.05, 3.63) is 72.1 Å². The first-order valence-corrected chi connectivity index (χ1v) is 11.6. The smallest absolute Gasteiger partial charge is 0.345 e. The standard InChI is InChI=1S/C26H22F2N6O7/c1-34-8-7-32-23(34)13-3-2-4-14(9-13)39-24-19(27)21(40-17(26(37)38)11-18(29)36)20(28)25(33-24)41-16-10-12(22(30)31)5-6-15(16)35/h2-10,17,35H,11H2,1H3,(H2,29,36)(H3,30,31)(H,37,38). The van der Waals surface area contributed by atoms with Crippen LogP contribution >= 0.6 is 0 Å². The molecule has 0 aliphatic heterocycles. The number of hydrogen-bond donors (Lipinski definition) is 5. The molecule has 0 fully saturated rings. The van der Waals surface area contributed by atoms with Gasteiger partial charge in [0.2, 0.25) is 29.4 Å². The zero-order valence-electron chi connectivity index (χ0n) is 21.2. The number of primary amides is 1. The highest BCUT2D eigenvalue weighted by molar-refractivity contribution is 5.95. The molecule has 212 valence electrons. The molecule has 4 rings (SSSR count). The van der Waals surface area contributed by atoms with Crippen molar-refractivity contribution in [3.8, 4) is 46.1 Å². The van der Waals surface area contributed by atoms with Gasteiger partial charge in [0, 0.05) is 30.6 Å². The number of nitrogen functional groups attached to an aromatic ring is 1. The third kappa shape index (κ3) is 6.30. The van der Waals surface area contributed by atoms with Crippen molar-refractivity contribution in [2.24, 2.45) is 18.5 Å². The zero-order chi connectivity index (χ0) is 29.8. The highest BCUT2D eigenvalue weighted by Gasteiger charge is 2.31. The number of aromatic nitrogens is 3. The van der Waals surface area contributed by atoms with Gasteiger partial charge in [0.1, 0.15) is 17.4 Å². The summed E-state index contributed by atoms with van der Waals surface area (Å²) in [7, 11) is 1.76. The molecule has 1 atom stereocenters. The summed E-state index contributed by atoms with van der Waals surface area (Å²) in [5.74, 6) is -10.0. The van der Waals surface area contributed by atoms with Crippen LogP contribution in [0.2, 0.25) is 0 Å². The lowest BCUT2D eigenvalue weighted by Crippen LogP contribution is -2.33. The summed E-state index contributed by atoms with van der Waals surface area (Å²) in [4.78, 5) is 30.9. The number of nitrogens with zero attached hydrogens (tertiary/aromatic N) is 3. The monoisotopic (exact) mass is 568 g/mol. The molecule has 0 saturated carbocycles. The van der Waals surface area contributed by atoms with E-state index in [-0.39, 0.29) is 11.3 Å². The summed E-state index contributed by atoms with van der Waals surface area (Å²) in [5.41, 5.74) is 11.2. The highest BCUT2D eigenvalue weighted by atomic mass is 19.1. The number of phenols is 1. The molecular formula is C26H22F2N6O7. The Hall–Kier alpha value is -5.73. The number of pyridine rings is 1. The van der Waals surface area contributed by atoms with E-state index in [0.717, 1.165) is 12.1 Å². The van der Waals surface area contributed by atoms with E-state index < -0.39 is 70.9 Å². The quantitative estimate of drug-likeness (QED) is 0.132. The van der Waals surface area contributed by atoms with Crippen LogP contribution in [0, 0.1) is 17.0 Å². The number of hydrogen-bond acceptors (Lipinski definition) is 9. The predicted octanol–water partition coefficient (Wildman–Crippen LogP) is 3.04. The number of amides is 1. The van der Waals surface area contributed by atoms with E-state index in [0.29, 0.717) is 11.4 Å². The van der Waals surface area contributed by atoms with Crippen LogP contribution in [-0.2, 0) is 16.6 Å². The number of carboxylic acids is 1. The molecule has 0 saturated heterocycles. The molecule has 13 nitrogen and oxygen atoms in total. The molecule has 4 aromatic rings. The van der Waals surface area contributed by atoms with Gasteiger partial charge in [-0.25, -0.2) is 9.78 Å². The topological polar surface area (TPSA) is 209 Å². The fourth-order valence-corrected chi connectivity index (χ4v) is 3.55. The van der Waals surface area contributed by atoms with Crippen LogP contribution in [0.3, 0.4) is 0 Å². The number of nitrogens with one attached hydrogen (secondary N) is 1. The van der Waals surface area contributed by atoms with Crippen molar-refractivity contribution in [2.45, 2.75) is 12.5 Å². The van der Waals surface area contributed by atoms with Crippen LogP contribution in [0.15, 0.2) is 54.9 Å². The minimum atomic E-state index is -2.08. The number of ether oxygens (including phenoxy) is 3. The maximum Gasteiger partial charge on any atom is 0.345 e. The van der Waals surface area contributed by atoms with Crippen LogP contribution in [0.1, 0.15) is 12.0 Å². The second-order valence-corrected chi connectivity index (χ2v) is 8.48. The van der Waals surface area contributed by atoms with E-state index in [2.05, 4.69) is 9.97 Å². The average Bonchev–Trinajstić information content (AvgIpc) is 3.35. The summed E-state index contributed by atoms with van der Waals surface area (Å²) in [6.07, 6.45) is 0.272. The number of carbonyl (C=O) groups excluding carboxylic acids is 1. The molecule has 0 aliphatic carbocycles. The van der Waals surface area contributed by atoms with Gasteiger partial charge in [0.25, 0.3) is 11.8 Å². The van der Waals surface area contributed by atoms with Crippen LogP contribution < -0.4 is 25.7 Å². The van der Waals surface area contributed by atoms with E-state index in [1.165, 1.54) is 18.2 Å². The number of nitrogens with two attached hydrogens (primary N) is 2. The number of carbonyl (C=O) groups is 2. The molecule has 7 N–H and O–H groups in total. The van der Waals surface area contributed by atoms with Crippen molar-refractivity contribution < 1.29 is 42.8 Å². The summed E-state index contributed by atoms with van der Waals surface area (Å²) in [5, 5.41) is 27.2. The van der Waals surface area contributed by atoms with E-state index in [9.17, 15) is 19.8 Å². The second kappa shape index (κ2) is 11.6. The Balaban J connectivity index is 1.81. The molecule has 0 radical (unpaired) electrons. The third-order valence-electron chi connectivity index (χ3n) is 5.50. The molecular weight excluding hydrogens is 546 g/mol. The Morgan fingerprint density at radius 3 is 2.41 bits per heavy atom. The first-order valence-electron chi connectivity index (χ1n) is 11.6. The molecule has 2 aromatic carbocycles. The maximum atomic E-state index is 15.6. The Kier molecular flexibility index (Phi) is 7.98. The van der Waals surface area contributed by atoms with Crippen molar-refractivity contribution in [2.75, 3.05) is 0 Å². The Morgan fingerprint density at radius 2 is 1.80 bits per heavy atom. The normalized spacial score (nSPS) is 11.5. The minimum Gasteiger partial charge on any atom is -0.504 e. The van der Waals surface area contributed by atoms with Crippen LogP contribution in [0.25, 0.3) is 11.4 Å². The van der Waals surface area contributed by atoms with Gasteiger partial charge in [-0.3, -0.25) is 10.2 Å². The van der Waals surface area contributed by atoms with Gasteiger partial charge >= 0.3 is 5.97 Å². The predicted molar refractivity (Wildman–Crippen MR) is 138 cm³/mol. The molecule has 15 heteroatoms. The van der Waals surface area contributed by atoms with Gasteiger partial charge < -0.3 is 40.5 Å². The fourth-order valence-electron chi connectivity index (χ4n) is 3.55. The number of rotatable bonds is 11. The largest absolute Gasteiger partial charge is 0.504 e. The van der Waals surface area contributed by atoms with E-state index in [1.54, 1.807) is 36.1 Å². The van der Waals surface area contributed by atoms with Gasteiger partial charge in [-0.15, -0.1) is 0 Å². The van der Waals surface area contributed by atoms with Gasteiger partial charge in [0.05, 0.1) is 6.42 Å². The van der Waals surface area contributed by atoms with Crippen LogP contribution in [0.5, 0.6) is 34.8 Å². The number of halogens is 2. The number of phenolic OH excluding ortho intramolecular Hbond substituents is 1. The number of aliphatic carboxylic acids is 1. The molecule has 1 unspecified atom stereocenters. The summed E-state index contributed by atoms with van der Waals surface area (Å²) >= 11 is 0. The van der Waals surface area contributed by atoms with Crippen LogP contribution in [-0.4, -0.2) is 48.6 Å². The SMILES string of the molecule is Cn1ccnc1-c1cccc(Oc2nc(Oc3cc(C(=N)N)ccc3O)c(F)c(OC(CC(N)=O)C(=O)O)c2F)c1. The summed E-state index contributed by atoms with van der Waals surface area (Å²) < 4.78 is 48.7. The molecule has 1 amide bonds. The van der Waals surface area contributed by atoms with E-state index >= 15 is 8.78 Å². The number of amidine groups is 1. The second-order valence-electron chi connectivity index (χ2n) is 8.48. The lowest BCUT2D eigenvalue weighted by molar-refractivity contribution is -0.147. The van der Waals surface area contributed by atoms with Crippen LogP contribution in [0.4, 0.5) is 8.78 Å². The number of aromatic hydroxyl groups is 1. The lowest BCUT2D eigenvalue weighted by atomic mass is 10.2. The molecule has 41 heavy (non-hydrogen) atoms. The fraction of sp³-hybridized carbons (Fsp3) is 0.115. The van der Waals surface area contributed by atoms with E-state index in [1.807, 2.05) is 0 Å². The zero-order valence-corrected chi connectivity index (χ0v) is 21.2. The number of aryl methyl sites for hydroxylation is 1. The number of carboxylic acid groups (broad SMARTS) is 1. The van der Waals surface area contributed by atoms with Gasteiger partial charge in [-0.2, -0.15) is 13.8 Å². The third-order valence-corrected chi connectivity index (χ3v) is 5.50. The first kappa shape index (κ1) is 28.3. The molecule has 2 aromatic heterocycles. The van der Waals surface area contributed by atoms with Crippen molar-refractivity contribution in [1.82, 2.24) is 14.5 Å². The minimum absolute atomic E-state index is 0.0220. The molecule has 0 bridgehead atoms. The summed E-state index contributed by atoms with van der Waals surface area (Å²) in [6, 6.07) is 9.70. The van der Waals surface area contributed by atoms with E-state index in [4.69, 9.17) is 31.1 Å². The summed E-state index contributed by atoms with van der Waals surface area (Å²) in [6.45, 7) is 0. The van der Waals surface area contributed by atoms with Crippen molar-refractivity contribution in [1.29, 1.82) is 5.41 Å². The van der Waals surface area contributed by atoms with Gasteiger partial charge in [-0.1, -0.05) is 12.1 Å². The van der Waals surface area contributed by atoms with Crippen molar-refractivity contribution >= 4 is 17.7 Å². The number of imidazole rings is 1. The first-order chi connectivity index (χ1) is 19.4. The lowest BCUT2D eigenvalue weighted by Gasteiger charge is -2.18. The van der Waals surface area contributed by atoms with Gasteiger partial charge in [0.15, 0.2) is 11.5 Å². The Bertz CT molecular complexity index is 1660. The van der Waals surface area contributed by atoms with Gasteiger partial charge in [-0.05, 0) is 30.3 Å². The maximum absolute atomic E-state index is 15.6. The Labute approximate surface area is 230 Å². The molecule has 2 heterocycles. The Morgan fingerprint density at radius 1 is 1.10 bits per heavy atom. The highest BCUT2D eigenvalue weighted by Crippen LogP contribution is 2.40. The molecule has 0 spiro atoms. The number of benzene rings is 2.